The van der Waals surface area contributed by atoms with Gasteiger partial charge in [-0.2, -0.15) is 0 Å². The van der Waals surface area contributed by atoms with Crippen LogP contribution < -0.4 is 5.32 Å². The molecule has 0 radical (unpaired) electrons. The zero-order valence-corrected chi connectivity index (χ0v) is 14.9. The van der Waals surface area contributed by atoms with Gasteiger partial charge in [-0.3, -0.25) is 14.9 Å². The number of carbonyl (C=O) groups is 1. The molecule has 1 saturated heterocycles. The van der Waals surface area contributed by atoms with Gasteiger partial charge in [-0.1, -0.05) is 49.4 Å². The number of carbonyl (C=O) groups excluding carboxylic acids is 1. The summed E-state index contributed by atoms with van der Waals surface area (Å²) in [4.78, 5) is 25.5. The number of piperazine rings is 1. The molecule has 136 valence electrons. The van der Waals surface area contributed by atoms with Crippen LogP contribution >= 0.6 is 0 Å². The summed E-state index contributed by atoms with van der Waals surface area (Å²) in [7, 11) is 0. The lowest BCUT2D eigenvalue weighted by molar-refractivity contribution is -0.385. The second kappa shape index (κ2) is 8.10. The van der Waals surface area contributed by atoms with Crippen molar-refractivity contribution in [3.05, 3.63) is 75.3 Å². The van der Waals surface area contributed by atoms with Crippen molar-refractivity contribution in [2.24, 2.45) is 0 Å². The molecule has 1 amide bonds. The molecule has 2 aromatic rings. The Morgan fingerprint density at radius 3 is 2.65 bits per heavy atom. The third kappa shape index (κ3) is 3.91. The molecular weight excluding hydrogens is 330 g/mol. The number of amides is 1. The molecule has 3 rings (SSSR count). The van der Waals surface area contributed by atoms with Crippen molar-refractivity contribution in [3.8, 4) is 0 Å². The normalized spacial score (nSPS) is 17.1. The van der Waals surface area contributed by atoms with Gasteiger partial charge in [-0.05, 0) is 17.5 Å². The molecule has 1 atom stereocenters. The van der Waals surface area contributed by atoms with Gasteiger partial charge in [0.25, 0.3) is 5.69 Å². The van der Waals surface area contributed by atoms with Crippen LogP contribution in [0.25, 0.3) is 0 Å². The van der Waals surface area contributed by atoms with E-state index in [0.717, 1.165) is 18.5 Å². The Morgan fingerprint density at radius 1 is 1.23 bits per heavy atom. The molecule has 0 aliphatic carbocycles. The summed E-state index contributed by atoms with van der Waals surface area (Å²) in [6, 6.07) is 14.7. The number of nitrogens with one attached hydrogen (secondary N) is 1. The quantitative estimate of drug-likeness (QED) is 0.662. The topological polar surface area (TPSA) is 75.5 Å². The standard InChI is InChI=1S/C20H23N3O3/c1-2-15-7-9-16(10-8-15)19-14-21-11-12-22(19)20(24)13-17-5-3-4-6-18(17)23(25)26/h3-10,19,21H,2,11-14H2,1H3. The number of nitro groups is 1. The van der Waals surface area contributed by atoms with Crippen LogP contribution in [-0.4, -0.2) is 35.4 Å². The van der Waals surface area contributed by atoms with E-state index in [2.05, 4.69) is 36.5 Å². The van der Waals surface area contributed by atoms with Crippen molar-refractivity contribution in [2.75, 3.05) is 19.6 Å². The zero-order chi connectivity index (χ0) is 18.5. The molecule has 1 heterocycles. The third-order valence-corrected chi connectivity index (χ3v) is 4.87. The van der Waals surface area contributed by atoms with Gasteiger partial charge in [0.15, 0.2) is 0 Å². The molecule has 1 fully saturated rings. The Morgan fingerprint density at radius 2 is 1.96 bits per heavy atom. The van der Waals surface area contributed by atoms with Crippen molar-refractivity contribution >= 4 is 11.6 Å². The van der Waals surface area contributed by atoms with E-state index in [0.29, 0.717) is 18.7 Å². The fraction of sp³-hybridized carbons (Fsp3) is 0.350. The molecule has 26 heavy (non-hydrogen) atoms. The van der Waals surface area contributed by atoms with Crippen LogP contribution in [0.3, 0.4) is 0 Å². The second-order valence-electron chi connectivity index (χ2n) is 6.46. The number of nitro benzene ring substituents is 1. The van der Waals surface area contributed by atoms with Crippen LogP contribution in [0, 0.1) is 10.1 Å². The van der Waals surface area contributed by atoms with Crippen LogP contribution in [0.4, 0.5) is 5.69 Å². The lowest BCUT2D eigenvalue weighted by Gasteiger charge is -2.36. The number of hydrogen-bond donors (Lipinski definition) is 1. The summed E-state index contributed by atoms with van der Waals surface area (Å²) in [5.74, 6) is -0.0784. The van der Waals surface area contributed by atoms with Crippen molar-refractivity contribution in [3.63, 3.8) is 0 Å². The minimum Gasteiger partial charge on any atom is -0.333 e. The van der Waals surface area contributed by atoms with E-state index in [4.69, 9.17) is 0 Å². The average molecular weight is 353 g/mol. The molecule has 6 nitrogen and oxygen atoms in total. The first-order chi connectivity index (χ1) is 12.6. The summed E-state index contributed by atoms with van der Waals surface area (Å²) in [6.07, 6.45) is 1.02. The van der Waals surface area contributed by atoms with Gasteiger partial charge in [0.2, 0.25) is 5.91 Å². The molecule has 0 bridgehead atoms. The largest absolute Gasteiger partial charge is 0.333 e. The molecule has 0 aromatic heterocycles. The molecular formula is C20H23N3O3. The minimum absolute atomic E-state index is 0.000154. The Kier molecular flexibility index (Phi) is 5.63. The summed E-state index contributed by atoms with van der Waals surface area (Å²) in [6.45, 7) is 4.12. The maximum Gasteiger partial charge on any atom is 0.273 e. The molecule has 0 spiro atoms. The number of benzene rings is 2. The lowest BCUT2D eigenvalue weighted by atomic mass is 9.99. The lowest BCUT2D eigenvalue weighted by Crippen LogP contribution is -2.49. The summed E-state index contributed by atoms with van der Waals surface area (Å²) in [5, 5.41) is 14.5. The van der Waals surface area contributed by atoms with Crippen LogP contribution in [0.15, 0.2) is 48.5 Å². The smallest absolute Gasteiger partial charge is 0.273 e. The predicted octanol–water partition coefficient (Wildman–Crippen LogP) is 2.87. The van der Waals surface area contributed by atoms with Crippen LogP contribution in [0.5, 0.6) is 0 Å². The van der Waals surface area contributed by atoms with Gasteiger partial charge >= 0.3 is 0 Å². The van der Waals surface area contributed by atoms with E-state index in [1.165, 1.54) is 11.6 Å². The first-order valence-electron chi connectivity index (χ1n) is 8.91. The number of aryl methyl sites for hydroxylation is 1. The SMILES string of the molecule is CCc1ccc(C2CNCCN2C(=O)Cc2ccccc2[N+](=O)[O-])cc1. The fourth-order valence-electron chi connectivity index (χ4n) is 3.38. The Balaban J connectivity index is 1.81. The summed E-state index contributed by atoms with van der Waals surface area (Å²) in [5.41, 5.74) is 2.81. The Labute approximate surface area is 153 Å². The first-order valence-corrected chi connectivity index (χ1v) is 8.91. The predicted molar refractivity (Wildman–Crippen MR) is 99.9 cm³/mol. The Hall–Kier alpha value is -2.73. The highest BCUT2D eigenvalue weighted by Crippen LogP contribution is 2.25. The van der Waals surface area contributed by atoms with Crippen LogP contribution in [-0.2, 0) is 17.6 Å². The third-order valence-electron chi connectivity index (χ3n) is 4.87. The minimum atomic E-state index is -0.429. The van der Waals surface area contributed by atoms with Gasteiger partial charge in [-0.25, -0.2) is 0 Å². The monoisotopic (exact) mass is 353 g/mol. The molecule has 1 aliphatic rings. The van der Waals surface area contributed by atoms with E-state index in [1.807, 2.05) is 4.90 Å². The van der Waals surface area contributed by atoms with Gasteiger partial charge in [-0.15, -0.1) is 0 Å². The number of nitrogens with zero attached hydrogens (tertiary/aromatic N) is 2. The number of rotatable bonds is 5. The second-order valence-corrected chi connectivity index (χ2v) is 6.46. The highest BCUT2D eigenvalue weighted by atomic mass is 16.6. The van der Waals surface area contributed by atoms with Crippen molar-refractivity contribution in [2.45, 2.75) is 25.8 Å². The maximum atomic E-state index is 12.9. The van der Waals surface area contributed by atoms with E-state index in [9.17, 15) is 14.9 Å². The first kappa shape index (κ1) is 18.1. The van der Waals surface area contributed by atoms with Gasteiger partial charge < -0.3 is 10.2 Å². The molecule has 1 N–H and O–H groups in total. The Bertz CT molecular complexity index is 789. The van der Waals surface area contributed by atoms with E-state index >= 15 is 0 Å². The van der Waals surface area contributed by atoms with Gasteiger partial charge in [0, 0.05) is 31.3 Å². The fourth-order valence-corrected chi connectivity index (χ4v) is 3.38. The number of hydrogen-bond acceptors (Lipinski definition) is 4. The summed E-state index contributed by atoms with van der Waals surface area (Å²) >= 11 is 0. The van der Waals surface area contributed by atoms with E-state index in [-0.39, 0.29) is 24.1 Å². The van der Waals surface area contributed by atoms with Gasteiger partial charge in [0.1, 0.15) is 0 Å². The van der Waals surface area contributed by atoms with Crippen molar-refractivity contribution < 1.29 is 9.72 Å². The number of para-hydroxylation sites is 1. The highest BCUT2D eigenvalue weighted by Gasteiger charge is 2.29. The maximum absolute atomic E-state index is 12.9. The highest BCUT2D eigenvalue weighted by molar-refractivity contribution is 5.80. The molecule has 1 unspecified atom stereocenters. The summed E-state index contributed by atoms with van der Waals surface area (Å²) < 4.78 is 0. The van der Waals surface area contributed by atoms with Crippen LogP contribution in [0.2, 0.25) is 0 Å². The molecule has 2 aromatic carbocycles. The van der Waals surface area contributed by atoms with Crippen LogP contribution in [0.1, 0.15) is 29.7 Å². The van der Waals surface area contributed by atoms with Crippen molar-refractivity contribution in [1.82, 2.24) is 10.2 Å². The van der Waals surface area contributed by atoms with Gasteiger partial charge in [0.05, 0.1) is 17.4 Å². The van der Waals surface area contributed by atoms with E-state index in [1.54, 1.807) is 18.2 Å². The van der Waals surface area contributed by atoms with Crippen molar-refractivity contribution in [1.29, 1.82) is 0 Å². The molecule has 1 aliphatic heterocycles. The average Bonchev–Trinajstić information content (AvgIpc) is 2.68. The molecule has 6 heteroatoms. The zero-order valence-electron chi connectivity index (χ0n) is 14.9. The van der Waals surface area contributed by atoms with E-state index < -0.39 is 4.92 Å². The molecule has 0 saturated carbocycles.